The summed E-state index contributed by atoms with van der Waals surface area (Å²) >= 11 is 0. The van der Waals surface area contributed by atoms with Gasteiger partial charge in [0.1, 0.15) is 5.75 Å². The van der Waals surface area contributed by atoms with Gasteiger partial charge in [-0.1, -0.05) is 38.1 Å². The number of benzene rings is 2. The smallest absolute Gasteiger partial charge is 0.255 e. The van der Waals surface area contributed by atoms with Crippen LogP contribution in [0.5, 0.6) is 5.75 Å². The molecule has 0 bridgehead atoms. The zero-order chi connectivity index (χ0) is 21.6. The summed E-state index contributed by atoms with van der Waals surface area (Å²) in [5.74, 6) is 0.504. The number of hydrazone groups is 1. The van der Waals surface area contributed by atoms with Gasteiger partial charge in [0.05, 0.1) is 24.8 Å². The molecule has 0 saturated carbocycles. The molecule has 0 aromatic heterocycles. The van der Waals surface area contributed by atoms with Crippen LogP contribution in [0.25, 0.3) is 0 Å². The summed E-state index contributed by atoms with van der Waals surface area (Å²) in [5, 5.41) is 3.90. The molecule has 0 spiro atoms. The number of sulfonamides is 1. The number of nitrogens with one attached hydrogen (secondary N) is 1. The maximum Gasteiger partial charge on any atom is 0.255 e. The number of carbonyl (C=O) groups is 1. The molecule has 0 aliphatic heterocycles. The van der Waals surface area contributed by atoms with Crippen LogP contribution in [0.1, 0.15) is 36.5 Å². The number of ether oxygens (including phenoxy) is 1. The van der Waals surface area contributed by atoms with Crippen molar-refractivity contribution in [2.24, 2.45) is 5.10 Å². The Labute approximate surface area is 172 Å². The molecule has 7 nitrogen and oxygen atoms in total. The number of likely N-dealkylation sites (N-methyl/N-ethyl adjacent to an activating group) is 1. The lowest BCUT2D eigenvalue weighted by atomic mass is 10.0. The lowest BCUT2D eigenvalue weighted by Crippen LogP contribution is -2.36. The van der Waals surface area contributed by atoms with E-state index < -0.39 is 15.9 Å². The summed E-state index contributed by atoms with van der Waals surface area (Å²) in [7, 11) is -0.937. The van der Waals surface area contributed by atoms with Crippen molar-refractivity contribution in [1.29, 1.82) is 0 Å². The number of amides is 1. The van der Waals surface area contributed by atoms with Gasteiger partial charge in [0.25, 0.3) is 5.91 Å². The van der Waals surface area contributed by atoms with Crippen molar-refractivity contribution in [3.8, 4) is 5.75 Å². The maximum atomic E-state index is 12.7. The fourth-order valence-electron chi connectivity index (χ4n) is 2.66. The van der Waals surface area contributed by atoms with Crippen molar-refractivity contribution in [3.63, 3.8) is 0 Å². The third-order valence-corrected chi connectivity index (χ3v) is 6.25. The zero-order valence-electron chi connectivity index (χ0n) is 17.3. The van der Waals surface area contributed by atoms with Crippen LogP contribution in [-0.4, -0.2) is 45.5 Å². The van der Waals surface area contributed by atoms with Crippen LogP contribution in [0.4, 0.5) is 0 Å². The molecule has 0 aliphatic carbocycles. The molecule has 0 atom stereocenters. The first-order valence-electron chi connectivity index (χ1n) is 9.18. The third-order valence-electron chi connectivity index (χ3n) is 4.45. The summed E-state index contributed by atoms with van der Waals surface area (Å²) in [4.78, 5) is 12.2. The van der Waals surface area contributed by atoms with Gasteiger partial charge >= 0.3 is 0 Å². The minimum Gasteiger partial charge on any atom is -0.496 e. The molecular formula is C21H27N3O4S. The van der Waals surface area contributed by atoms with Crippen molar-refractivity contribution >= 4 is 22.1 Å². The number of hydrogen-bond acceptors (Lipinski definition) is 5. The summed E-state index contributed by atoms with van der Waals surface area (Å²) in [5.41, 5.74) is 5.10. The second-order valence-corrected chi connectivity index (χ2v) is 9.05. The molecule has 2 rings (SSSR count). The van der Waals surface area contributed by atoms with Crippen LogP contribution in [0.15, 0.2) is 52.5 Å². The first kappa shape index (κ1) is 22.6. The molecule has 0 unspecified atom stereocenters. The monoisotopic (exact) mass is 417 g/mol. The van der Waals surface area contributed by atoms with Crippen molar-refractivity contribution < 1.29 is 17.9 Å². The van der Waals surface area contributed by atoms with E-state index in [0.29, 0.717) is 17.2 Å². The van der Waals surface area contributed by atoms with Gasteiger partial charge in [-0.25, -0.2) is 13.8 Å². The normalized spacial score (nSPS) is 12.0. The van der Waals surface area contributed by atoms with E-state index in [-0.39, 0.29) is 11.4 Å². The minimum atomic E-state index is -3.81. The van der Waals surface area contributed by atoms with E-state index in [0.717, 1.165) is 9.87 Å². The van der Waals surface area contributed by atoms with Gasteiger partial charge in [-0.15, -0.1) is 0 Å². The molecule has 0 saturated heterocycles. The number of nitrogens with zero attached hydrogens (tertiary/aromatic N) is 2. The quantitative estimate of drug-likeness (QED) is 0.528. The Balaban J connectivity index is 1.97. The Morgan fingerprint density at radius 1 is 1.21 bits per heavy atom. The highest BCUT2D eigenvalue weighted by Crippen LogP contribution is 2.23. The summed E-state index contributed by atoms with van der Waals surface area (Å²) in [6.45, 7) is 5.63. The first-order valence-corrected chi connectivity index (χ1v) is 10.6. The molecule has 29 heavy (non-hydrogen) atoms. The molecular weight excluding hydrogens is 390 g/mol. The van der Waals surface area contributed by atoms with Gasteiger partial charge in [0.2, 0.25) is 10.0 Å². The van der Waals surface area contributed by atoms with Crippen molar-refractivity contribution in [2.75, 3.05) is 20.7 Å². The molecule has 156 valence electrons. The van der Waals surface area contributed by atoms with Crippen molar-refractivity contribution in [3.05, 3.63) is 59.2 Å². The topological polar surface area (TPSA) is 88.1 Å². The highest BCUT2D eigenvalue weighted by Gasteiger charge is 2.23. The highest BCUT2D eigenvalue weighted by molar-refractivity contribution is 7.89. The minimum absolute atomic E-state index is 0.0971. The van der Waals surface area contributed by atoms with Gasteiger partial charge < -0.3 is 4.74 Å². The molecule has 0 fully saturated rings. The summed E-state index contributed by atoms with van der Waals surface area (Å²) in [6, 6.07) is 12.4. The van der Waals surface area contributed by atoms with Crippen molar-refractivity contribution in [2.45, 2.75) is 31.6 Å². The van der Waals surface area contributed by atoms with Crippen LogP contribution < -0.4 is 10.2 Å². The molecule has 0 heterocycles. The van der Waals surface area contributed by atoms with E-state index in [2.05, 4.69) is 24.4 Å². The van der Waals surface area contributed by atoms with Crippen LogP contribution >= 0.6 is 0 Å². The number of carbonyl (C=O) groups excluding carboxylic acids is 1. The van der Waals surface area contributed by atoms with Crippen LogP contribution in [0.2, 0.25) is 0 Å². The molecule has 2 aromatic carbocycles. The predicted molar refractivity (Wildman–Crippen MR) is 114 cm³/mol. The lowest BCUT2D eigenvalue weighted by molar-refractivity contribution is -0.121. The summed E-state index contributed by atoms with van der Waals surface area (Å²) in [6.07, 6.45) is 1.52. The van der Waals surface area contributed by atoms with E-state index in [1.54, 1.807) is 13.0 Å². The number of hydrogen-bond donors (Lipinski definition) is 1. The van der Waals surface area contributed by atoms with E-state index in [1.807, 2.05) is 24.3 Å². The SMILES string of the molecule is COc1ccc(S(=O)(=O)N(C)CC(=O)N/N=C/c2ccc(C(C)C)cc2)cc1C. The predicted octanol–water partition coefficient (Wildman–Crippen LogP) is 2.90. The molecule has 2 aromatic rings. The number of aryl methyl sites for hydroxylation is 1. The third kappa shape index (κ3) is 5.88. The zero-order valence-corrected chi connectivity index (χ0v) is 18.2. The van der Waals surface area contributed by atoms with Crippen LogP contribution in [-0.2, 0) is 14.8 Å². The van der Waals surface area contributed by atoms with Gasteiger partial charge in [-0.3, -0.25) is 4.79 Å². The van der Waals surface area contributed by atoms with Gasteiger partial charge in [0, 0.05) is 7.05 Å². The molecule has 0 radical (unpaired) electrons. The Kier molecular flexibility index (Phi) is 7.53. The average molecular weight is 418 g/mol. The Bertz CT molecular complexity index is 983. The van der Waals surface area contributed by atoms with E-state index in [1.165, 1.54) is 38.1 Å². The average Bonchev–Trinajstić information content (AvgIpc) is 2.68. The van der Waals surface area contributed by atoms with E-state index in [4.69, 9.17) is 4.74 Å². The second-order valence-electron chi connectivity index (χ2n) is 7.01. The first-order chi connectivity index (χ1) is 13.6. The summed E-state index contributed by atoms with van der Waals surface area (Å²) < 4.78 is 31.5. The van der Waals surface area contributed by atoms with Gasteiger partial charge in [-0.05, 0) is 47.7 Å². The van der Waals surface area contributed by atoms with E-state index in [9.17, 15) is 13.2 Å². The second kappa shape index (κ2) is 9.67. The standard InChI is InChI=1S/C21H27N3O4S/c1-15(2)18-8-6-17(7-9-18)13-22-23-21(25)14-24(4)29(26,27)19-10-11-20(28-5)16(3)12-19/h6-13,15H,14H2,1-5H3,(H,23,25)/b22-13+. The lowest BCUT2D eigenvalue weighted by Gasteiger charge is -2.17. The molecule has 1 N–H and O–H groups in total. The van der Waals surface area contributed by atoms with Crippen LogP contribution in [0.3, 0.4) is 0 Å². The number of rotatable bonds is 8. The Hall–Kier alpha value is -2.71. The Morgan fingerprint density at radius 3 is 2.41 bits per heavy atom. The van der Waals surface area contributed by atoms with Gasteiger partial charge in [-0.2, -0.15) is 9.41 Å². The van der Waals surface area contributed by atoms with Crippen molar-refractivity contribution in [1.82, 2.24) is 9.73 Å². The van der Waals surface area contributed by atoms with E-state index >= 15 is 0 Å². The van der Waals surface area contributed by atoms with Gasteiger partial charge in [0.15, 0.2) is 0 Å². The molecule has 8 heteroatoms. The molecule has 0 aliphatic rings. The fourth-order valence-corrected chi connectivity index (χ4v) is 3.87. The number of methoxy groups -OCH3 is 1. The maximum absolute atomic E-state index is 12.7. The highest BCUT2D eigenvalue weighted by atomic mass is 32.2. The largest absolute Gasteiger partial charge is 0.496 e. The fraction of sp³-hybridized carbons (Fsp3) is 0.333. The Morgan fingerprint density at radius 2 is 1.86 bits per heavy atom. The van der Waals surface area contributed by atoms with Crippen LogP contribution in [0, 0.1) is 6.92 Å². The molecule has 1 amide bonds.